The molecule has 26 heavy (non-hydrogen) atoms. The highest BCUT2D eigenvalue weighted by Gasteiger charge is 2.10. The Morgan fingerprint density at radius 2 is 1.73 bits per heavy atom. The topological polar surface area (TPSA) is 70.6 Å². The predicted octanol–water partition coefficient (Wildman–Crippen LogP) is 4.51. The van der Waals surface area contributed by atoms with E-state index in [1.165, 1.54) is 0 Å². The molecule has 0 aliphatic heterocycles. The van der Waals surface area contributed by atoms with E-state index in [9.17, 15) is 9.59 Å². The van der Waals surface area contributed by atoms with Gasteiger partial charge in [-0.15, -0.1) is 0 Å². The predicted molar refractivity (Wildman–Crippen MR) is 109 cm³/mol. The molecule has 0 saturated carbocycles. The van der Waals surface area contributed by atoms with Crippen molar-refractivity contribution in [1.82, 2.24) is 5.43 Å². The summed E-state index contributed by atoms with van der Waals surface area (Å²) in [5.41, 5.74) is 7.51. The van der Waals surface area contributed by atoms with Crippen LogP contribution in [0.4, 0.5) is 5.69 Å². The number of hydrazone groups is 1. The Bertz CT molecular complexity index is 852. The van der Waals surface area contributed by atoms with E-state index >= 15 is 0 Å². The van der Waals surface area contributed by atoms with Crippen molar-refractivity contribution >= 4 is 39.1 Å². The Hall–Kier alpha value is -2.47. The van der Waals surface area contributed by atoms with E-state index in [2.05, 4.69) is 31.8 Å². The second-order valence-corrected chi connectivity index (χ2v) is 7.21. The standard InChI is InChI=1S/C20H22BrN3O2/c1-12-8-13(2)19(14(3)9-12)22-18(25)10-15(4)23-24-20(26)16-6-5-7-17(21)11-16/h5-9,11H,10H2,1-4H3,(H,22,25)(H,24,26). The van der Waals surface area contributed by atoms with Crippen LogP contribution in [0.5, 0.6) is 0 Å². The van der Waals surface area contributed by atoms with Crippen molar-refractivity contribution in [2.24, 2.45) is 5.10 Å². The molecule has 5 nitrogen and oxygen atoms in total. The molecule has 2 rings (SSSR count). The number of hydrogen-bond donors (Lipinski definition) is 2. The number of benzene rings is 2. The zero-order chi connectivity index (χ0) is 19.3. The zero-order valence-corrected chi connectivity index (χ0v) is 16.9. The molecule has 0 aliphatic carbocycles. The summed E-state index contributed by atoms with van der Waals surface area (Å²) in [6.45, 7) is 7.66. The lowest BCUT2D eigenvalue weighted by molar-refractivity contribution is -0.115. The molecule has 0 fully saturated rings. The summed E-state index contributed by atoms with van der Waals surface area (Å²) < 4.78 is 0.814. The molecule has 2 N–H and O–H groups in total. The second kappa shape index (κ2) is 8.76. The van der Waals surface area contributed by atoms with E-state index in [-0.39, 0.29) is 18.2 Å². The SMILES string of the molecule is CC(CC(=O)Nc1c(C)cc(C)cc1C)=NNC(=O)c1cccc(Br)c1. The number of amides is 2. The van der Waals surface area contributed by atoms with Crippen molar-refractivity contribution in [2.75, 3.05) is 5.32 Å². The molecule has 0 heterocycles. The van der Waals surface area contributed by atoms with Crippen LogP contribution in [0.2, 0.25) is 0 Å². The maximum absolute atomic E-state index is 12.3. The highest BCUT2D eigenvalue weighted by molar-refractivity contribution is 9.10. The maximum Gasteiger partial charge on any atom is 0.271 e. The van der Waals surface area contributed by atoms with Crippen LogP contribution in [0.15, 0.2) is 46.0 Å². The lowest BCUT2D eigenvalue weighted by Crippen LogP contribution is -2.22. The third kappa shape index (κ3) is 5.52. The van der Waals surface area contributed by atoms with Crippen molar-refractivity contribution in [1.29, 1.82) is 0 Å². The number of rotatable bonds is 5. The van der Waals surface area contributed by atoms with Crippen molar-refractivity contribution < 1.29 is 9.59 Å². The first-order valence-corrected chi connectivity index (χ1v) is 9.02. The van der Waals surface area contributed by atoms with Gasteiger partial charge in [-0.05, 0) is 57.0 Å². The fraction of sp³-hybridized carbons (Fsp3) is 0.250. The molecule has 2 amide bonds. The normalized spacial score (nSPS) is 11.2. The van der Waals surface area contributed by atoms with Crippen LogP contribution >= 0.6 is 15.9 Å². The molecule has 2 aromatic rings. The Morgan fingerprint density at radius 3 is 2.35 bits per heavy atom. The largest absolute Gasteiger partial charge is 0.325 e. The highest BCUT2D eigenvalue weighted by atomic mass is 79.9. The van der Waals surface area contributed by atoms with E-state index in [1.807, 2.05) is 39.0 Å². The Labute approximate surface area is 162 Å². The molecule has 0 bridgehead atoms. The fourth-order valence-corrected chi connectivity index (χ4v) is 3.07. The highest BCUT2D eigenvalue weighted by Crippen LogP contribution is 2.22. The molecular formula is C20H22BrN3O2. The number of carbonyl (C=O) groups excluding carboxylic acids is 2. The van der Waals surface area contributed by atoms with Gasteiger partial charge in [-0.1, -0.05) is 39.7 Å². The van der Waals surface area contributed by atoms with Crippen LogP contribution < -0.4 is 10.7 Å². The van der Waals surface area contributed by atoms with Gasteiger partial charge in [0.15, 0.2) is 0 Å². The van der Waals surface area contributed by atoms with Crippen LogP contribution in [0.25, 0.3) is 0 Å². The van der Waals surface area contributed by atoms with Gasteiger partial charge in [-0.2, -0.15) is 5.10 Å². The number of aryl methyl sites for hydroxylation is 3. The van der Waals surface area contributed by atoms with E-state index in [4.69, 9.17) is 0 Å². The van der Waals surface area contributed by atoms with Gasteiger partial charge in [0.2, 0.25) is 5.91 Å². The number of nitrogens with one attached hydrogen (secondary N) is 2. The van der Waals surface area contributed by atoms with E-state index < -0.39 is 0 Å². The molecule has 0 atom stereocenters. The number of carbonyl (C=O) groups is 2. The number of nitrogens with zero attached hydrogens (tertiary/aromatic N) is 1. The molecule has 0 radical (unpaired) electrons. The molecule has 0 aromatic heterocycles. The fourth-order valence-electron chi connectivity index (χ4n) is 2.67. The number of halogens is 1. The van der Waals surface area contributed by atoms with Crippen molar-refractivity contribution in [3.05, 3.63) is 63.1 Å². The third-order valence-electron chi connectivity index (χ3n) is 3.79. The monoisotopic (exact) mass is 415 g/mol. The summed E-state index contributed by atoms with van der Waals surface area (Å²) in [6, 6.07) is 11.1. The first-order valence-electron chi connectivity index (χ1n) is 8.23. The average Bonchev–Trinajstić information content (AvgIpc) is 2.56. The van der Waals surface area contributed by atoms with Gasteiger partial charge in [-0.25, -0.2) is 5.43 Å². The number of hydrogen-bond acceptors (Lipinski definition) is 3. The third-order valence-corrected chi connectivity index (χ3v) is 4.29. The van der Waals surface area contributed by atoms with Gasteiger partial charge < -0.3 is 5.32 Å². The van der Waals surface area contributed by atoms with Crippen LogP contribution in [0.1, 0.15) is 40.4 Å². The molecule has 6 heteroatoms. The zero-order valence-electron chi connectivity index (χ0n) is 15.3. The Morgan fingerprint density at radius 1 is 1.08 bits per heavy atom. The minimum absolute atomic E-state index is 0.103. The summed E-state index contributed by atoms with van der Waals surface area (Å²) in [7, 11) is 0. The molecular weight excluding hydrogens is 394 g/mol. The van der Waals surface area contributed by atoms with E-state index in [1.54, 1.807) is 25.1 Å². The molecule has 136 valence electrons. The van der Waals surface area contributed by atoms with Crippen molar-refractivity contribution in [3.8, 4) is 0 Å². The Balaban J connectivity index is 1.96. The number of anilines is 1. The summed E-state index contributed by atoms with van der Waals surface area (Å²) in [4.78, 5) is 24.3. The van der Waals surface area contributed by atoms with E-state index in [0.29, 0.717) is 11.3 Å². The first kappa shape index (κ1) is 19.8. The maximum atomic E-state index is 12.3. The van der Waals surface area contributed by atoms with Gasteiger partial charge in [0.05, 0.1) is 6.42 Å². The van der Waals surface area contributed by atoms with Crippen LogP contribution in [-0.2, 0) is 4.79 Å². The van der Waals surface area contributed by atoms with Gasteiger partial charge in [0, 0.05) is 21.4 Å². The first-order chi connectivity index (χ1) is 12.3. The van der Waals surface area contributed by atoms with Gasteiger partial charge in [-0.3, -0.25) is 9.59 Å². The Kier molecular flexibility index (Phi) is 6.69. The van der Waals surface area contributed by atoms with Gasteiger partial charge >= 0.3 is 0 Å². The van der Waals surface area contributed by atoms with Crippen LogP contribution in [-0.4, -0.2) is 17.5 Å². The molecule has 0 aliphatic rings. The lowest BCUT2D eigenvalue weighted by Gasteiger charge is -2.12. The summed E-state index contributed by atoms with van der Waals surface area (Å²) in [5, 5.41) is 6.94. The molecule has 0 unspecified atom stereocenters. The van der Waals surface area contributed by atoms with Crippen molar-refractivity contribution in [3.63, 3.8) is 0 Å². The molecule has 2 aromatic carbocycles. The quantitative estimate of drug-likeness (QED) is 0.556. The van der Waals surface area contributed by atoms with Crippen LogP contribution in [0.3, 0.4) is 0 Å². The van der Waals surface area contributed by atoms with Crippen molar-refractivity contribution in [2.45, 2.75) is 34.1 Å². The minimum atomic E-state index is -0.323. The average molecular weight is 416 g/mol. The lowest BCUT2D eigenvalue weighted by atomic mass is 10.0. The van der Waals surface area contributed by atoms with Gasteiger partial charge in [0.25, 0.3) is 5.91 Å². The minimum Gasteiger partial charge on any atom is -0.325 e. The smallest absolute Gasteiger partial charge is 0.271 e. The summed E-state index contributed by atoms with van der Waals surface area (Å²) in [6.07, 6.45) is 0.103. The van der Waals surface area contributed by atoms with Crippen LogP contribution in [0, 0.1) is 20.8 Å². The summed E-state index contributed by atoms with van der Waals surface area (Å²) >= 11 is 3.32. The van der Waals surface area contributed by atoms with Gasteiger partial charge in [0.1, 0.15) is 0 Å². The molecule has 0 saturated heterocycles. The second-order valence-electron chi connectivity index (χ2n) is 6.30. The molecule has 0 spiro atoms. The van der Waals surface area contributed by atoms with E-state index in [0.717, 1.165) is 26.9 Å². The summed E-state index contributed by atoms with van der Waals surface area (Å²) in [5.74, 6) is -0.491.